The molecule has 0 saturated carbocycles. The van der Waals surface area contributed by atoms with Gasteiger partial charge in [0, 0.05) is 12.3 Å². The zero-order valence-corrected chi connectivity index (χ0v) is 12.0. The van der Waals surface area contributed by atoms with E-state index in [1.807, 2.05) is 0 Å². The number of nitrogen functional groups attached to an aromatic ring is 1. The van der Waals surface area contributed by atoms with Crippen LogP contribution in [0.3, 0.4) is 0 Å². The maximum Gasteiger partial charge on any atom is 0.280 e. The number of imidazole rings is 1. The van der Waals surface area contributed by atoms with Crippen LogP contribution in [0.2, 0.25) is 0 Å². The first-order valence-electron chi connectivity index (χ1n) is 5.66. The number of hydrogen-bond acceptors (Lipinski definition) is 8. The molecule has 0 aliphatic heterocycles. The molecule has 0 bridgehead atoms. The van der Waals surface area contributed by atoms with E-state index in [1.165, 1.54) is 18.1 Å². The summed E-state index contributed by atoms with van der Waals surface area (Å²) in [5.74, 6) is 0.822. The van der Waals surface area contributed by atoms with Gasteiger partial charge in [0.15, 0.2) is 11.2 Å². The van der Waals surface area contributed by atoms with Crippen LogP contribution in [0.25, 0.3) is 11.2 Å². The fourth-order valence-corrected chi connectivity index (χ4v) is 3.52. The second kappa shape index (κ2) is 5.96. The van der Waals surface area contributed by atoms with E-state index in [0.717, 1.165) is 0 Å². The van der Waals surface area contributed by atoms with Gasteiger partial charge < -0.3 is 24.7 Å². The lowest BCUT2D eigenvalue weighted by atomic mass is 10.5. The molecule has 11 heteroatoms. The summed E-state index contributed by atoms with van der Waals surface area (Å²) >= 11 is 1.33. The Bertz CT molecular complexity index is 708. The Kier molecular flexibility index (Phi) is 4.48. The first-order valence-corrected chi connectivity index (χ1v) is 8.54. The van der Waals surface area contributed by atoms with E-state index >= 15 is 0 Å². The summed E-state index contributed by atoms with van der Waals surface area (Å²) in [6, 6.07) is 0. The van der Waals surface area contributed by atoms with Gasteiger partial charge in [-0.2, -0.15) is 16.7 Å². The molecule has 3 N–H and O–H groups in total. The van der Waals surface area contributed by atoms with Crippen LogP contribution in [0.1, 0.15) is 0 Å². The van der Waals surface area contributed by atoms with Gasteiger partial charge in [0.1, 0.15) is 0 Å². The largest absolute Gasteiger partial charge is 0.811 e. The third-order valence-electron chi connectivity index (χ3n) is 2.48. The average molecular weight is 317 g/mol. The summed E-state index contributed by atoms with van der Waals surface area (Å²) < 4.78 is 12.1. The monoisotopic (exact) mass is 317 g/mol. The lowest BCUT2D eigenvalue weighted by Gasteiger charge is -2.28. The minimum atomic E-state index is -4.43. The van der Waals surface area contributed by atoms with Crippen molar-refractivity contribution >= 4 is 36.5 Å². The first kappa shape index (κ1) is 15.0. The summed E-state index contributed by atoms with van der Waals surface area (Å²) in [7, 11) is -4.43. The third-order valence-corrected chi connectivity index (χ3v) is 4.52. The number of aryl methyl sites for hydroxylation is 1. The van der Waals surface area contributed by atoms with Crippen LogP contribution >= 0.6 is 19.4 Å². The van der Waals surface area contributed by atoms with Crippen molar-refractivity contribution in [2.45, 2.75) is 6.54 Å². The first-order chi connectivity index (χ1) is 9.37. The quantitative estimate of drug-likeness (QED) is 0.474. The van der Waals surface area contributed by atoms with Gasteiger partial charge in [0.25, 0.3) is 5.56 Å². The number of fused-ring (bicyclic) bond motifs is 1. The fourth-order valence-electron chi connectivity index (χ4n) is 1.58. The standard InChI is InChI=1S/C9H14N5O4PS/c10-9-12-7-6(8(15)13-9)11-5-14(7)1-3-20-4-2-19(16,17)18/h5H,1-4H2,(H2,16,17,18)(H3,10,12,13,15)/p-2. The Hall–Kier alpha value is -1.35. The van der Waals surface area contributed by atoms with Gasteiger partial charge in [0.2, 0.25) is 5.95 Å². The molecule has 2 aromatic rings. The van der Waals surface area contributed by atoms with Crippen molar-refractivity contribution < 1.29 is 14.4 Å². The molecule has 0 atom stereocenters. The molecule has 2 rings (SSSR count). The SMILES string of the molecule is Nc1nc2c(ncn2CCSCCP(=O)([O-])[O-])c(=O)[nH]1. The maximum absolute atomic E-state index is 11.5. The Balaban J connectivity index is 1.97. The lowest BCUT2D eigenvalue weighted by molar-refractivity contribution is -0.313. The predicted molar refractivity (Wildman–Crippen MR) is 72.4 cm³/mol. The zero-order valence-electron chi connectivity index (χ0n) is 10.3. The minimum absolute atomic E-state index is 0.00977. The molecule has 0 saturated heterocycles. The van der Waals surface area contributed by atoms with Crippen molar-refractivity contribution in [3.8, 4) is 0 Å². The molecule has 0 radical (unpaired) electrons. The van der Waals surface area contributed by atoms with Crippen molar-refractivity contribution in [1.82, 2.24) is 19.5 Å². The minimum Gasteiger partial charge on any atom is -0.811 e. The Morgan fingerprint density at radius 2 is 2.20 bits per heavy atom. The van der Waals surface area contributed by atoms with E-state index in [-0.39, 0.29) is 23.4 Å². The molecule has 2 aromatic heterocycles. The van der Waals surface area contributed by atoms with Gasteiger partial charge in [-0.1, -0.05) is 7.60 Å². The number of aromatic nitrogens is 4. The van der Waals surface area contributed by atoms with Gasteiger partial charge in [-0.3, -0.25) is 9.78 Å². The molecule has 0 fully saturated rings. The summed E-state index contributed by atoms with van der Waals surface area (Å²) in [4.78, 5) is 42.7. The van der Waals surface area contributed by atoms with Crippen molar-refractivity contribution in [2.75, 3.05) is 23.4 Å². The van der Waals surface area contributed by atoms with Crippen molar-refractivity contribution in [3.63, 3.8) is 0 Å². The van der Waals surface area contributed by atoms with Gasteiger partial charge in [-0.15, -0.1) is 0 Å². The van der Waals surface area contributed by atoms with E-state index in [1.54, 1.807) is 4.57 Å². The summed E-state index contributed by atoms with van der Waals surface area (Å²) in [6.45, 7) is 0.485. The molecular formula is C9H12N5O4PS-2. The summed E-state index contributed by atoms with van der Waals surface area (Å²) in [6.07, 6.45) is 1.10. The van der Waals surface area contributed by atoms with Crippen molar-refractivity contribution in [2.24, 2.45) is 0 Å². The lowest BCUT2D eigenvalue weighted by Crippen LogP contribution is -2.18. The normalized spacial score (nSPS) is 12.1. The van der Waals surface area contributed by atoms with Crippen molar-refractivity contribution in [1.29, 1.82) is 0 Å². The van der Waals surface area contributed by atoms with Gasteiger partial charge in [-0.05, 0) is 11.9 Å². The molecule has 0 aromatic carbocycles. The number of rotatable bonds is 6. The highest BCUT2D eigenvalue weighted by Gasteiger charge is 2.08. The van der Waals surface area contributed by atoms with Gasteiger partial charge >= 0.3 is 0 Å². The highest BCUT2D eigenvalue weighted by atomic mass is 32.2. The van der Waals surface area contributed by atoms with Crippen LogP contribution in [0.15, 0.2) is 11.1 Å². The molecule has 110 valence electrons. The fraction of sp³-hybridized carbons (Fsp3) is 0.444. The summed E-state index contributed by atoms with van der Waals surface area (Å²) in [5.41, 5.74) is 5.64. The van der Waals surface area contributed by atoms with E-state index < -0.39 is 13.2 Å². The van der Waals surface area contributed by atoms with Crippen LogP contribution < -0.4 is 21.1 Å². The van der Waals surface area contributed by atoms with E-state index in [9.17, 15) is 19.1 Å². The van der Waals surface area contributed by atoms with Crippen LogP contribution in [0, 0.1) is 0 Å². The number of hydrogen-bond donors (Lipinski definition) is 2. The van der Waals surface area contributed by atoms with E-state index in [4.69, 9.17) is 5.73 Å². The molecule has 0 unspecified atom stereocenters. The van der Waals surface area contributed by atoms with Crippen molar-refractivity contribution in [3.05, 3.63) is 16.7 Å². The molecular weight excluding hydrogens is 305 g/mol. The molecule has 0 spiro atoms. The second-order valence-corrected chi connectivity index (χ2v) is 6.90. The predicted octanol–water partition coefficient (Wildman–Crippen LogP) is -1.65. The Morgan fingerprint density at radius 3 is 2.90 bits per heavy atom. The topological polar surface area (TPSA) is 153 Å². The molecule has 0 aliphatic carbocycles. The molecule has 9 nitrogen and oxygen atoms in total. The Morgan fingerprint density at radius 1 is 1.45 bits per heavy atom. The second-order valence-electron chi connectivity index (χ2n) is 4.01. The Labute approximate surface area is 117 Å². The highest BCUT2D eigenvalue weighted by molar-refractivity contribution is 7.99. The molecule has 20 heavy (non-hydrogen) atoms. The zero-order chi connectivity index (χ0) is 14.8. The van der Waals surface area contributed by atoms with E-state index in [0.29, 0.717) is 17.9 Å². The van der Waals surface area contributed by atoms with Crippen LogP contribution in [-0.2, 0) is 11.1 Å². The number of nitrogens with zero attached hydrogens (tertiary/aromatic N) is 3. The number of anilines is 1. The van der Waals surface area contributed by atoms with E-state index in [2.05, 4.69) is 15.0 Å². The smallest absolute Gasteiger partial charge is 0.280 e. The number of thioether (sulfide) groups is 1. The van der Waals surface area contributed by atoms with Crippen LogP contribution in [0.5, 0.6) is 0 Å². The third kappa shape index (κ3) is 3.83. The number of H-pyrrole nitrogens is 1. The van der Waals surface area contributed by atoms with Gasteiger partial charge in [-0.25, -0.2) is 4.98 Å². The maximum atomic E-state index is 11.5. The number of nitrogens with one attached hydrogen (secondary N) is 1. The summed E-state index contributed by atoms with van der Waals surface area (Å²) in [5, 5.41) is 0. The molecule has 0 amide bonds. The van der Waals surface area contributed by atoms with Crippen LogP contribution in [-0.4, -0.2) is 37.2 Å². The number of aromatic amines is 1. The average Bonchev–Trinajstić information content (AvgIpc) is 2.70. The van der Waals surface area contributed by atoms with Gasteiger partial charge in [0.05, 0.1) is 6.33 Å². The molecule has 2 heterocycles. The number of nitrogens with two attached hydrogens (primary N) is 1. The van der Waals surface area contributed by atoms with Crippen LogP contribution in [0.4, 0.5) is 5.95 Å². The highest BCUT2D eigenvalue weighted by Crippen LogP contribution is 2.24. The molecule has 0 aliphatic rings.